The maximum Gasteiger partial charge on any atom is 0.229 e. The number of anilines is 1. The van der Waals surface area contributed by atoms with Crippen LogP contribution in [0.2, 0.25) is 0 Å². The summed E-state index contributed by atoms with van der Waals surface area (Å²) in [4.78, 5) is 22.5. The van der Waals surface area contributed by atoms with Crippen molar-refractivity contribution in [2.24, 2.45) is 23.2 Å². The molecule has 1 heterocycles. The summed E-state index contributed by atoms with van der Waals surface area (Å²) in [7, 11) is 0. The summed E-state index contributed by atoms with van der Waals surface area (Å²) in [6, 6.07) is 13.0. The van der Waals surface area contributed by atoms with Crippen LogP contribution < -0.4 is 5.32 Å². The van der Waals surface area contributed by atoms with Gasteiger partial charge < -0.3 is 10.4 Å². The van der Waals surface area contributed by atoms with Gasteiger partial charge >= 0.3 is 0 Å². The highest BCUT2D eigenvalue weighted by molar-refractivity contribution is 5.92. The van der Waals surface area contributed by atoms with E-state index in [9.17, 15) is 14.3 Å². The molecule has 1 amide bonds. The minimum absolute atomic E-state index is 0.161. The van der Waals surface area contributed by atoms with E-state index < -0.39 is 0 Å². The van der Waals surface area contributed by atoms with Crippen molar-refractivity contribution in [3.8, 4) is 17.0 Å². The van der Waals surface area contributed by atoms with Gasteiger partial charge in [0.1, 0.15) is 11.6 Å². The fourth-order valence-electron chi connectivity index (χ4n) is 7.25. The first-order valence-corrected chi connectivity index (χ1v) is 12.6. The second-order valence-corrected chi connectivity index (χ2v) is 11.0. The van der Waals surface area contributed by atoms with Gasteiger partial charge in [0, 0.05) is 5.56 Å². The van der Waals surface area contributed by atoms with Crippen LogP contribution in [-0.4, -0.2) is 21.0 Å². The van der Waals surface area contributed by atoms with Gasteiger partial charge in [-0.3, -0.25) is 4.79 Å². The number of carbonyl (C=O) groups excluding carboxylic acids is 1. The lowest BCUT2D eigenvalue weighted by atomic mass is 9.48. The van der Waals surface area contributed by atoms with E-state index in [1.807, 2.05) is 0 Å². The van der Waals surface area contributed by atoms with Gasteiger partial charge in [-0.1, -0.05) is 12.1 Å². The molecule has 7 rings (SSSR count). The molecule has 0 radical (unpaired) electrons. The van der Waals surface area contributed by atoms with Crippen molar-refractivity contribution in [1.29, 1.82) is 0 Å². The van der Waals surface area contributed by atoms with Crippen LogP contribution in [0.15, 0.2) is 54.7 Å². The first kappa shape index (κ1) is 22.2. The number of phenols is 1. The SMILES string of the molecule is O=C(Cc1ccc(O)cc1)Nc1ncc(-c2ccc(F)cc2)nc1CC12CC3CC(CC(C3)C1)C2. The van der Waals surface area contributed by atoms with Crippen molar-refractivity contribution in [3.05, 3.63) is 71.8 Å². The van der Waals surface area contributed by atoms with E-state index in [2.05, 4.69) is 10.3 Å². The highest BCUT2D eigenvalue weighted by Crippen LogP contribution is 2.61. The zero-order valence-electron chi connectivity index (χ0n) is 19.7. The fraction of sp³-hybridized carbons (Fsp3) is 0.414. The molecule has 4 bridgehead atoms. The number of rotatable bonds is 6. The van der Waals surface area contributed by atoms with Crippen LogP contribution in [0, 0.1) is 29.0 Å². The number of phenolic OH excluding ortho intramolecular Hbond substituents is 1. The molecule has 1 aromatic heterocycles. The highest BCUT2D eigenvalue weighted by atomic mass is 19.1. The molecule has 0 saturated heterocycles. The van der Waals surface area contributed by atoms with Gasteiger partial charge in [0.25, 0.3) is 0 Å². The number of hydrogen-bond donors (Lipinski definition) is 2. The molecule has 0 aliphatic heterocycles. The molecular formula is C29H30FN3O2. The molecule has 2 N–H and O–H groups in total. The van der Waals surface area contributed by atoms with Gasteiger partial charge in [0.15, 0.2) is 5.82 Å². The molecule has 5 nitrogen and oxygen atoms in total. The molecule has 0 atom stereocenters. The van der Waals surface area contributed by atoms with Crippen LogP contribution in [0.4, 0.5) is 10.2 Å². The van der Waals surface area contributed by atoms with Gasteiger partial charge in [-0.25, -0.2) is 14.4 Å². The van der Waals surface area contributed by atoms with Gasteiger partial charge in [0.05, 0.1) is 24.0 Å². The molecule has 3 aromatic rings. The topological polar surface area (TPSA) is 75.1 Å². The highest BCUT2D eigenvalue weighted by Gasteiger charge is 2.51. The zero-order valence-corrected chi connectivity index (χ0v) is 19.7. The van der Waals surface area contributed by atoms with E-state index in [-0.39, 0.29) is 29.3 Å². The number of carbonyl (C=O) groups is 1. The lowest BCUT2D eigenvalue weighted by Gasteiger charge is -2.57. The number of benzene rings is 2. The minimum atomic E-state index is -0.284. The number of aromatic hydroxyl groups is 1. The number of nitrogens with one attached hydrogen (secondary N) is 1. The monoisotopic (exact) mass is 471 g/mol. The molecule has 35 heavy (non-hydrogen) atoms. The van der Waals surface area contributed by atoms with E-state index in [1.165, 1.54) is 50.7 Å². The average Bonchev–Trinajstić information content (AvgIpc) is 2.81. The molecule has 4 fully saturated rings. The van der Waals surface area contributed by atoms with Crippen LogP contribution in [0.25, 0.3) is 11.3 Å². The Morgan fingerprint density at radius 1 is 0.971 bits per heavy atom. The van der Waals surface area contributed by atoms with Crippen molar-refractivity contribution < 1.29 is 14.3 Å². The van der Waals surface area contributed by atoms with E-state index >= 15 is 0 Å². The van der Waals surface area contributed by atoms with Crippen molar-refractivity contribution in [2.75, 3.05) is 5.32 Å². The normalized spacial score (nSPS) is 26.6. The standard InChI is InChI=1S/C29H30FN3O2/c30-23-5-3-22(4-6-23)26-17-31-28(33-27(35)12-18-1-7-24(34)8-2-18)25(32-26)16-29-13-19-9-20(14-29)11-21(10-19)15-29/h1-8,17,19-21,34H,9-16H2,(H,31,33,35). The Balaban J connectivity index is 1.29. The van der Waals surface area contributed by atoms with Gasteiger partial charge in [0.2, 0.25) is 5.91 Å². The van der Waals surface area contributed by atoms with Crippen LogP contribution in [0.5, 0.6) is 5.75 Å². The van der Waals surface area contributed by atoms with Gasteiger partial charge in [-0.2, -0.15) is 0 Å². The Morgan fingerprint density at radius 3 is 2.23 bits per heavy atom. The largest absolute Gasteiger partial charge is 0.508 e. The van der Waals surface area contributed by atoms with Crippen molar-refractivity contribution in [2.45, 2.75) is 51.4 Å². The Kier molecular flexibility index (Phi) is 5.54. The molecule has 180 valence electrons. The Morgan fingerprint density at radius 2 is 1.60 bits per heavy atom. The lowest BCUT2D eigenvalue weighted by molar-refractivity contribution is -0.115. The number of nitrogens with zero attached hydrogens (tertiary/aromatic N) is 2. The number of amides is 1. The van der Waals surface area contributed by atoms with E-state index in [0.29, 0.717) is 11.5 Å². The summed E-state index contributed by atoms with van der Waals surface area (Å²) in [5.74, 6) is 2.72. The van der Waals surface area contributed by atoms with E-state index in [4.69, 9.17) is 4.98 Å². The quantitative estimate of drug-likeness (QED) is 0.467. The summed E-state index contributed by atoms with van der Waals surface area (Å²) in [6.07, 6.45) is 10.5. The Hall–Kier alpha value is -3.28. The molecule has 2 aromatic carbocycles. The first-order valence-electron chi connectivity index (χ1n) is 12.6. The van der Waals surface area contributed by atoms with Crippen LogP contribution in [0.1, 0.15) is 49.8 Å². The number of aromatic nitrogens is 2. The third kappa shape index (κ3) is 4.66. The smallest absolute Gasteiger partial charge is 0.229 e. The first-order chi connectivity index (χ1) is 16.9. The van der Waals surface area contributed by atoms with Crippen LogP contribution in [0.3, 0.4) is 0 Å². The predicted octanol–water partition coefficient (Wildman–Crippen LogP) is 5.93. The Labute approximate surface area is 204 Å². The third-order valence-corrected chi connectivity index (χ3v) is 8.25. The number of halogens is 1. The molecule has 4 aliphatic rings. The predicted molar refractivity (Wildman–Crippen MR) is 132 cm³/mol. The molecule has 0 unspecified atom stereocenters. The van der Waals surface area contributed by atoms with Crippen LogP contribution >= 0.6 is 0 Å². The molecule has 4 aliphatic carbocycles. The van der Waals surface area contributed by atoms with Crippen molar-refractivity contribution >= 4 is 11.7 Å². The second-order valence-electron chi connectivity index (χ2n) is 11.0. The lowest BCUT2D eigenvalue weighted by Crippen LogP contribution is -2.47. The summed E-state index contributed by atoms with van der Waals surface area (Å²) in [5.41, 5.74) is 3.39. The molecular weight excluding hydrogens is 441 g/mol. The second kappa shape index (κ2) is 8.74. The average molecular weight is 472 g/mol. The van der Waals surface area contributed by atoms with E-state index in [0.717, 1.165) is 41.0 Å². The Bertz CT molecular complexity index is 1200. The van der Waals surface area contributed by atoms with Crippen molar-refractivity contribution in [1.82, 2.24) is 9.97 Å². The van der Waals surface area contributed by atoms with Gasteiger partial charge in [-0.05, 0) is 110 Å². The maximum atomic E-state index is 13.5. The van der Waals surface area contributed by atoms with Crippen molar-refractivity contribution in [3.63, 3.8) is 0 Å². The summed E-state index contributed by atoms with van der Waals surface area (Å²) < 4.78 is 13.5. The zero-order chi connectivity index (χ0) is 24.0. The maximum absolute atomic E-state index is 13.5. The van der Waals surface area contributed by atoms with Crippen LogP contribution in [-0.2, 0) is 17.6 Å². The molecule has 4 saturated carbocycles. The summed E-state index contributed by atoms with van der Waals surface area (Å²) in [6.45, 7) is 0. The van der Waals surface area contributed by atoms with E-state index in [1.54, 1.807) is 42.6 Å². The molecule has 0 spiro atoms. The number of hydrogen-bond acceptors (Lipinski definition) is 4. The minimum Gasteiger partial charge on any atom is -0.508 e. The fourth-order valence-corrected chi connectivity index (χ4v) is 7.25. The van der Waals surface area contributed by atoms with Gasteiger partial charge in [-0.15, -0.1) is 0 Å². The molecule has 6 heteroatoms. The summed E-state index contributed by atoms with van der Waals surface area (Å²) in [5, 5.41) is 12.5. The third-order valence-electron chi connectivity index (χ3n) is 8.25. The summed E-state index contributed by atoms with van der Waals surface area (Å²) >= 11 is 0.